The van der Waals surface area contributed by atoms with Crippen molar-refractivity contribution >= 4 is 23.6 Å². The molecule has 4 amide bonds. The first-order valence-corrected chi connectivity index (χ1v) is 5.05. The summed E-state index contributed by atoms with van der Waals surface area (Å²) in [5.41, 5.74) is 0. The molecule has 1 aliphatic heterocycles. The topological polar surface area (TPSA) is 95.6 Å². The molecule has 1 heterocycles. The molecule has 2 N–H and O–H groups in total. The number of amides is 4. The number of nitrogens with one attached hydrogen (secondary N) is 2. The van der Waals surface area contributed by atoms with Crippen LogP contribution in [0.4, 0.5) is 0 Å². The van der Waals surface area contributed by atoms with Crippen molar-refractivity contribution in [3.05, 3.63) is 12.2 Å². The van der Waals surface area contributed by atoms with Crippen LogP contribution in [0.15, 0.2) is 12.2 Å². The normalized spacial score (nSPS) is 14.1. The lowest BCUT2D eigenvalue weighted by Crippen LogP contribution is -2.41. The zero-order chi connectivity index (χ0) is 12.8. The monoisotopic (exact) mass is 239 g/mol. The molecule has 0 aliphatic carbocycles. The Balaban J connectivity index is 2.28. The summed E-state index contributed by atoms with van der Waals surface area (Å²) in [7, 11) is 1.50. The summed E-state index contributed by atoms with van der Waals surface area (Å²) in [4.78, 5) is 45.3. The van der Waals surface area contributed by atoms with E-state index in [0.29, 0.717) is 0 Å². The summed E-state index contributed by atoms with van der Waals surface area (Å²) in [6.45, 7) is -0.152. The van der Waals surface area contributed by atoms with E-state index in [9.17, 15) is 19.2 Å². The number of hydrogen-bond acceptors (Lipinski definition) is 4. The Labute approximate surface area is 97.8 Å². The first-order chi connectivity index (χ1) is 8.04. The van der Waals surface area contributed by atoms with Gasteiger partial charge in [0.05, 0.1) is 0 Å². The summed E-state index contributed by atoms with van der Waals surface area (Å²) in [6.07, 6.45) is 2.38. The largest absolute Gasteiger partial charge is 0.359 e. The number of carbonyl (C=O) groups excluding carboxylic acids is 4. The van der Waals surface area contributed by atoms with Crippen LogP contribution < -0.4 is 10.6 Å². The van der Waals surface area contributed by atoms with E-state index in [1.165, 1.54) is 7.05 Å². The minimum absolute atomic E-state index is 0.155. The van der Waals surface area contributed by atoms with Crippen molar-refractivity contribution < 1.29 is 19.2 Å². The van der Waals surface area contributed by atoms with Crippen LogP contribution in [0.2, 0.25) is 0 Å². The second kappa shape index (κ2) is 5.78. The summed E-state index contributed by atoms with van der Waals surface area (Å²) >= 11 is 0. The third-order valence-corrected chi connectivity index (χ3v) is 2.16. The Bertz CT molecular complexity index is 371. The van der Waals surface area contributed by atoms with Crippen LogP contribution in [0, 0.1) is 0 Å². The van der Waals surface area contributed by atoms with Crippen molar-refractivity contribution in [1.29, 1.82) is 0 Å². The second-order valence-electron chi connectivity index (χ2n) is 3.37. The molecule has 0 aromatic heterocycles. The van der Waals surface area contributed by atoms with Crippen LogP contribution in [0.1, 0.15) is 6.42 Å². The van der Waals surface area contributed by atoms with Gasteiger partial charge in [-0.15, -0.1) is 0 Å². The van der Waals surface area contributed by atoms with Crippen molar-refractivity contribution in [3.63, 3.8) is 0 Å². The third kappa shape index (κ3) is 3.71. The van der Waals surface area contributed by atoms with Gasteiger partial charge >= 0.3 is 0 Å². The molecule has 0 radical (unpaired) electrons. The van der Waals surface area contributed by atoms with Crippen LogP contribution in [0.25, 0.3) is 0 Å². The summed E-state index contributed by atoms with van der Waals surface area (Å²) in [5, 5.41) is 4.85. The maximum atomic E-state index is 11.3. The van der Waals surface area contributed by atoms with Crippen LogP contribution in [0.5, 0.6) is 0 Å². The van der Waals surface area contributed by atoms with Gasteiger partial charge in [-0.3, -0.25) is 24.1 Å². The molecule has 0 spiro atoms. The Morgan fingerprint density at radius 3 is 2.29 bits per heavy atom. The Kier molecular flexibility index (Phi) is 4.38. The van der Waals surface area contributed by atoms with E-state index in [4.69, 9.17) is 0 Å². The lowest BCUT2D eigenvalue weighted by atomic mass is 10.4. The van der Waals surface area contributed by atoms with E-state index in [-0.39, 0.29) is 25.4 Å². The molecule has 0 aromatic carbocycles. The number of carbonyl (C=O) groups is 4. The van der Waals surface area contributed by atoms with E-state index in [0.717, 1.165) is 17.1 Å². The summed E-state index contributed by atoms with van der Waals surface area (Å²) < 4.78 is 0. The molecule has 0 fully saturated rings. The number of rotatable bonds is 5. The Hall–Kier alpha value is -2.18. The van der Waals surface area contributed by atoms with Gasteiger partial charge in [0, 0.05) is 32.2 Å². The van der Waals surface area contributed by atoms with Crippen molar-refractivity contribution in [1.82, 2.24) is 15.5 Å². The zero-order valence-electron chi connectivity index (χ0n) is 9.36. The second-order valence-corrected chi connectivity index (χ2v) is 3.37. The van der Waals surface area contributed by atoms with E-state index >= 15 is 0 Å². The van der Waals surface area contributed by atoms with E-state index < -0.39 is 17.7 Å². The molecule has 0 aromatic rings. The highest BCUT2D eigenvalue weighted by Crippen LogP contribution is 2.02. The van der Waals surface area contributed by atoms with Gasteiger partial charge in [-0.2, -0.15) is 0 Å². The fourth-order valence-corrected chi connectivity index (χ4v) is 1.23. The van der Waals surface area contributed by atoms with E-state index in [1.54, 1.807) is 0 Å². The SMILES string of the molecule is CNC(=O)CCNC(=O)CN1C(=O)C=CC1=O. The fraction of sp³-hybridized carbons (Fsp3) is 0.400. The molecule has 92 valence electrons. The molecule has 7 nitrogen and oxygen atoms in total. The molecular weight excluding hydrogens is 226 g/mol. The first-order valence-electron chi connectivity index (χ1n) is 5.05. The lowest BCUT2D eigenvalue weighted by molar-refractivity contribution is -0.141. The highest BCUT2D eigenvalue weighted by molar-refractivity contribution is 6.14. The molecule has 1 rings (SSSR count). The van der Waals surface area contributed by atoms with Gasteiger partial charge in [0.25, 0.3) is 11.8 Å². The summed E-state index contributed by atoms with van der Waals surface area (Å²) in [5.74, 6) is -1.67. The van der Waals surface area contributed by atoms with Crippen LogP contribution >= 0.6 is 0 Å². The predicted octanol–water partition coefficient (Wildman–Crippen LogP) is -1.84. The van der Waals surface area contributed by atoms with Gasteiger partial charge in [-0.25, -0.2) is 0 Å². The minimum Gasteiger partial charge on any atom is -0.359 e. The van der Waals surface area contributed by atoms with Gasteiger partial charge in [0.2, 0.25) is 11.8 Å². The third-order valence-electron chi connectivity index (χ3n) is 2.16. The number of nitrogens with zero attached hydrogens (tertiary/aromatic N) is 1. The maximum Gasteiger partial charge on any atom is 0.254 e. The molecule has 17 heavy (non-hydrogen) atoms. The molecule has 0 unspecified atom stereocenters. The number of imide groups is 1. The Morgan fingerprint density at radius 1 is 1.18 bits per heavy atom. The standard InChI is InChI=1S/C10H13N3O4/c1-11-7(14)4-5-12-8(15)6-13-9(16)2-3-10(13)17/h2-3H,4-6H2,1H3,(H,11,14)(H,12,15). The van der Waals surface area contributed by atoms with Crippen molar-refractivity contribution in [2.24, 2.45) is 0 Å². The van der Waals surface area contributed by atoms with E-state index in [2.05, 4.69) is 10.6 Å². The van der Waals surface area contributed by atoms with Gasteiger partial charge in [-0.1, -0.05) is 0 Å². The minimum atomic E-state index is -0.503. The van der Waals surface area contributed by atoms with Crippen LogP contribution in [-0.2, 0) is 19.2 Å². The molecule has 0 bridgehead atoms. The van der Waals surface area contributed by atoms with Gasteiger partial charge < -0.3 is 10.6 Å². The molecular formula is C10H13N3O4. The first kappa shape index (κ1) is 12.9. The molecule has 0 saturated heterocycles. The average Bonchev–Trinajstić information content (AvgIpc) is 2.60. The molecule has 0 saturated carbocycles. The molecule has 0 atom stereocenters. The van der Waals surface area contributed by atoms with Crippen molar-refractivity contribution in [2.75, 3.05) is 20.1 Å². The smallest absolute Gasteiger partial charge is 0.254 e. The van der Waals surface area contributed by atoms with E-state index in [1.807, 2.05) is 0 Å². The van der Waals surface area contributed by atoms with Gasteiger partial charge in [0.1, 0.15) is 6.54 Å². The number of hydrogen-bond donors (Lipinski definition) is 2. The predicted molar refractivity (Wildman–Crippen MR) is 57.6 cm³/mol. The average molecular weight is 239 g/mol. The van der Waals surface area contributed by atoms with Crippen molar-refractivity contribution in [3.8, 4) is 0 Å². The van der Waals surface area contributed by atoms with Crippen LogP contribution in [0.3, 0.4) is 0 Å². The molecule has 1 aliphatic rings. The quantitative estimate of drug-likeness (QED) is 0.551. The highest BCUT2D eigenvalue weighted by Gasteiger charge is 2.25. The summed E-state index contributed by atoms with van der Waals surface area (Å²) in [6, 6.07) is 0. The highest BCUT2D eigenvalue weighted by atomic mass is 16.2. The van der Waals surface area contributed by atoms with Crippen molar-refractivity contribution in [2.45, 2.75) is 6.42 Å². The fourth-order valence-electron chi connectivity index (χ4n) is 1.23. The van der Waals surface area contributed by atoms with Crippen LogP contribution in [-0.4, -0.2) is 48.7 Å². The van der Waals surface area contributed by atoms with Gasteiger partial charge in [-0.05, 0) is 0 Å². The zero-order valence-corrected chi connectivity index (χ0v) is 9.36. The molecule has 7 heteroatoms. The Morgan fingerprint density at radius 2 is 1.76 bits per heavy atom. The van der Waals surface area contributed by atoms with Gasteiger partial charge in [0.15, 0.2) is 0 Å². The maximum absolute atomic E-state index is 11.3. The lowest BCUT2D eigenvalue weighted by Gasteiger charge is -2.13.